The monoisotopic (exact) mass is 372 g/mol. The van der Waals surface area contributed by atoms with E-state index in [1.807, 2.05) is 36.4 Å². The van der Waals surface area contributed by atoms with Gasteiger partial charge in [0.15, 0.2) is 0 Å². The lowest BCUT2D eigenvalue weighted by Crippen LogP contribution is -2.43. The fourth-order valence-electron chi connectivity index (χ4n) is 6.31. The van der Waals surface area contributed by atoms with Gasteiger partial charge in [-0.05, 0) is 103 Å². The summed E-state index contributed by atoms with van der Waals surface area (Å²) in [5, 5.41) is 19.3. The van der Waals surface area contributed by atoms with Crippen LogP contribution in [-0.2, 0) is 4.79 Å². The summed E-state index contributed by atoms with van der Waals surface area (Å²) in [5.74, 6) is 7.89. The topological polar surface area (TPSA) is 57.5 Å². The van der Waals surface area contributed by atoms with Gasteiger partial charge in [-0.25, -0.2) is 4.79 Å². The van der Waals surface area contributed by atoms with E-state index in [1.165, 1.54) is 32.1 Å². The van der Waals surface area contributed by atoms with Gasteiger partial charge in [0.2, 0.25) is 0 Å². The third kappa shape index (κ3) is 3.07. The number of phenolic OH excluding ortho intramolecular Hbond substituents is 1. The van der Waals surface area contributed by atoms with Crippen LogP contribution < -0.4 is 0 Å². The minimum atomic E-state index is -1.12. The molecule has 142 valence electrons. The van der Waals surface area contributed by atoms with Crippen molar-refractivity contribution in [2.75, 3.05) is 0 Å². The van der Waals surface area contributed by atoms with Crippen molar-refractivity contribution in [2.24, 2.45) is 23.7 Å². The zero-order valence-corrected chi connectivity index (χ0v) is 15.8. The zero-order valence-electron chi connectivity index (χ0n) is 15.8. The van der Waals surface area contributed by atoms with E-state index >= 15 is 0 Å². The van der Waals surface area contributed by atoms with Gasteiger partial charge in [-0.3, -0.25) is 0 Å². The number of rotatable bonds is 2. The van der Waals surface area contributed by atoms with Gasteiger partial charge in [0, 0.05) is 11.5 Å². The minimum Gasteiger partial charge on any atom is -0.508 e. The predicted molar refractivity (Wildman–Crippen MR) is 108 cm³/mol. The molecule has 0 aromatic heterocycles. The highest BCUT2D eigenvalue weighted by Gasteiger charge is 2.49. The Morgan fingerprint density at radius 3 is 2.07 bits per heavy atom. The van der Waals surface area contributed by atoms with E-state index in [0.29, 0.717) is 17.2 Å². The SMILES string of the molecule is O=C(O)C#Cc1ccc(-c2ccc(O)c(C3C4CC5CC(C4)CC3C5)c2)cc1. The molecule has 0 aliphatic heterocycles. The van der Waals surface area contributed by atoms with E-state index < -0.39 is 5.97 Å². The number of carboxylic acid groups (broad SMARTS) is 1. The van der Waals surface area contributed by atoms with Crippen LogP contribution in [0.3, 0.4) is 0 Å². The van der Waals surface area contributed by atoms with Gasteiger partial charge < -0.3 is 10.2 Å². The number of hydrogen-bond acceptors (Lipinski definition) is 2. The van der Waals surface area contributed by atoms with Crippen LogP contribution in [0.15, 0.2) is 42.5 Å². The number of benzene rings is 2. The molecule has 0 radical (unpaired) electrons. The Morgan fingerprint density at radius 1 is 0.857 bits per heavy atom. The molecule has 6 rings (SSSR count). The van der Waals surface area contributed by atoms with E-state index in [2.05, 4.69) is 17.9 Å². The van der Waals surface area contributed by atoms with Crippen molar-refractivity contribution in [2.45, 2.75) is 38.0 Å². The van der Waals surface area contributed by atoms with Crippen LogP contribution in [0.5, 0.6) is 5.75 Å². The number of hydrogen-bond donors (Lipinski definition) is 2. The third-order valence-corrected chi connectivity index (χ3v) is 7.15. The van der Waals surface area contributed by atoms with Crippen molar-refractivity contribution >= 4 is 5.97 Å². The molecule has 0 spiro atoms. The maximum Gasteiger partial charge on any atom is 0.382 e. The Kier molecular flexibility index (Phi) is 4.16. The molecule has 4 saturated carbocycles. The summed E-state index contributed by atoms with van der Waals surface area (Å²) in [6, 6.07) is 13.6. The van der Waals surface area contributed by atoms with Gasteiger partial charge in [0.05, 0.1) is 0 Å². The molecule has 4 aliphatic rings. The van der Waals surface area contributed by atoms with Crippen LogP contribution in [0.25, 0.3) is 11.1 Å². The van der Waals surface area contributed by atoms with Crippen molar-refractivity contribution in [3.63, 3.8) is 0 Å². The smallest absolute Gasteiger partial charge is 0.382 e. The molecule has 3 nitrogen and oxygen atoms in total. The first-order chi connectivity index (χ1) is 13.6. The lowest BCUT2D eigenvalue weighted by Gasteiger charge is -2.54. The molecule has 28 heavy (non-hydrogen) atoms. The summed E-state index contributed by atoms with van der Waals surface area (Å²) < 4.78 is 0. The Labute approximate surface area is 165 Å². The summed E-state index contributed by atoms with van der Waals surface area (Å²) in [7, 11) is 0. The molecule has 0 atom stereocenters. The zero-order chi connectivity index (χ0) is 19.3. The average Bonchev–Trinajstić information content (AvgIpc) is 2.67. The highest BCUT2D eigenvalue weighted by atomic mass is 16.4. The third-order valence-electron chi connectivity index (χ3n) is 7.15. The van der Waals surface area contributed by atoms with E-state index in [-0.39, 0.29) is 0 Å². The molecule has 4 aliphatic carbocycles. The van der Waals surface area contributed by atoms with E-state index in [1.54, 1.807) is 0 Å². The first kappa shape index (κ1) is 17.4. The Hall–Kier alpha value is -2.73. The predicted octanol–water partition coefficient (Wildman–Crippen LogP) is 5.04. The molecular formula is C25H24O3. The minimum absolute atomic E-state index is 0.435. The van der Waals surface area contributed by atoms with Gasteiger partial charge in [-0.2, -0.15) is 0 Å². The van der Waals surface area contributed by atoms with Gasteiger partial charge in [-0.1, -0.05) is 24.1 Å². The number of aliphatic carboxylic acids is 1. The molecule has 2 aromatic rings. The van der Waals surface area contributed by atoms with E-state index in [0.717, 1.165) is 40.4 Å². The van der Waals surface area contributed by atoms with Crippen LogP contribution >= 0.6 is 0 Å². The average molecular weight is 372 g/mol. The molecule has 0 amide bonds. The molecule has 2 aromatic carbocycles. The second-order valence-corrected chi connectivity index (χ2v) is 8.86. The molecule has 0 saturated heterocycles. The number of carbonyl (C=O) groups is 1. The van der Waals surface area contributed by atoms with Gasteiger partial charge in [-0.15, -0.1) is 0 Å². The first-order valence-electron chi connectivity index (χ1n) is 10.2. The van der Waals surface area contributed by atoms with Crippen molar-refractivity contribution in [1.29, 1.82) is 0 Å². The number of carboxylic acids is 1. The van der Waals surface area contributed by atoms with Crippen LogP contribution in [0.1, 0.15) is 49.1 Å². The summed E-state index contributed by atoms with van der Waals surface area (Å²) >= 11 is 0. The van der Waals surface area contributed by atoms with Gasteiger partial charge in [0.1, 0.15) is 5.75 Å². The molecule has 3 heteroatoms. The molecule has 0 unspecified atom stereocenters. The van der Waals surface area contributed by atoms with Crippen LogP contribution in [0.4, 0.5) is 0 Å². The van der Waals surface area contributed by atoms with Crippen LogP contribution in [0.2, 0.25) is 0 Å². The molecule has 0 heterocycles. The first-order valence-corrected chi connectivity index (χ1v) is 10.2. The van der Waals surface area contributed by atoms with Gasteiger partial charge >= 0.3 is 5.97 Å². The molecule has 2 N–H and O–H groups in total. The van der Waals surface area contributed by atoms with Crippen molar-refractivity contribution in [3.8, 4) is 28.7 Å². The van der Waals surface area contributed by atoms with E-state index in [4.69, 9.17) is 5.11 Å². The second kappa shape index (κ2) is 6.71. The van der Waals surface area contributed by atoms with Crippen molar-refractivity contribution in [3.05, 3.63) is 53.6 Å². The molecule has 4 bridgehead atoms. The summed E-state index contributed by atoms with van der Waals surface area (Å²) in [4.78, 5) is 10.6. The normalized spacial score (nSPS) is 29.9. The standard InChI is InChI=1S/C25H24O3/c26-23-7-6-19(18-4-1-15(2-5-18)3-8-24(27)28)14-22(23)25-20-10-16-9-17(12-20)13-21(25)11-16/h1-2,4-7,14,16-17,20-21,25-26H,9-13H2,(H,27,28). The second-order valence-electron chi connectivity index (χ2n) is 8.86. The highest BCUT2D eigenvalue weighted by molar-refractivity contribution is 5.87. The maximum atomic E-state index is 10.7. The highest BCUT2D eigenvalue weighted by Crippen LogP contribution is 2.60. The fourth-order valence-corrected chi connectivity index (χ4v) is 6.31. The Morgan fingerprint density at radius 2 is 1.46 bits per heavy atom. The molecule has 4 fully saturated rings. The lowest BCUT2D eigenvalue weighted by molar-refractivity contribution is -0.130. The van der Waals surface area contributed by atoms with Gasteiger partial charge in [0.25, 0.3) is 0 Å². The largest absolute Gasteiger partial charge is 0.508 e. The van der Waals surface area contributed by atoms with E-state index in [9.17, 15) is 9.90 Å². The van der Waals surface area contributed by atoms with Crippen LogP contribution in [0, 0.1) is 35.5 Å². The lowest BCUT2D eigenvalue weighted by atomic mass is 9.50. The molecular weight excluding hydrogens is 348 g/mol. The number of aromatic hydroxyl groups is 1. The quantitative estimate of drug-likeness (QED) is 0.727. The summed E-state index contributed by atoms with van der Waals surface area (Å²) in [6.07, 6.45) is 6.76. The van der Waals surface area contributed by atoms with Crippen LogP contribution in [-0.4, -0.2) is 16.2 Å². The number of phenols is 1. The Balaban J connectivity index is 1.45. The fraction of sp³-hybridized carbons (Fsp3) is 0.400. The summed E-state index contributed by atoms with van der Waals surface area (Å²) in [5.41, 5.74) is 3.97. The van der Waals surface area contributed by atoms with Crippen molar-refractivity contribution < 1.29 is 15.0 Å². The Bertz CT molecular complexity index is 949. The maximum absolute atomic E-state index is 10.7. The summed E-state index contributed by atoms with van der Waals surface area (Å²) in [6.45, 7) is 0. The van der Waals surface area contributed by atoms with Crippen molar-refractivity contribution in [1.82, 2.24) is 0 Å².